The number of aliphatic hydroxyl groups is 1. The van der Waals surface area contributed by atoms with Crippen molar-refractivity contribution in [1.29, 1.82) is 10.5 Å². The number of carbonyl (C=O) groups is 1. The number of ketones is 1. The largest absolute Gasteiger partial charge is 1.00 e. The molecule has 0 amide bonds. The molecule has 6 atom stereocenters. The molecule has 0 aromatic heterocycles. The first kappa shape index (κ1) is 112. The van der Waals surface area contributed by atoms with E-state index in [4.69, 9.17) is 70.4 Å². The number of alkyl halides is 1. The summed E-state index contributed by atoms with van der Waals surface area (Å²) in [6.45, 7) is 64.8. The summed E-state index contributed by atoms with van der Waals surface area (Å²) in [6.07, 6.45) is 8.20. The molecule has 23 heteroatoms. The van der Waals surface area contributed by atoms with Gasteiger partial charge in [0, 0.05) is 115 Å². The number of ether oxygens (including phenoxy) is 2. The zero-order chi connectivity index (χ0) is 76.7. The molecule has 101 heavy (non-hydrogen) atoms. The number of nitriles is 2. The first-order valence-corrected chi connectivity index (χ1v) is 33.5. The van der Waals surface area contributed by atoms with Gasteiger partial charge in [-0.05, 0) is 133 Å². The van der Waals surface area contributed by atoms with Crippen molar-refractivity contribution in [3.8, 4) is 12.4 Å². The SMILES string of the molecule is C1CCOC1.CC(=N[C@H](C)c1ccccc1)C(C)(C)C.CC(=O)C(C)(C)C.CCO.CF.C[C@@H](N)C(C)(C)C.C[C@@H](N[C@H](C)C(C)(C)C)c1ccccc1.[2H]C[C-]=S.[B]C1CCCO1.[C-]#[N+]c1ccc(NC(=N[C@H](C)C(C)(C)C)NC#N)cc1.[C-]#[N+]c1ccc(NC(=S)[N-]C#N)cc1.[CH3-].[Na+].[Pd].[W]. The number of thiocarbonyl (C=S) groups is 2. The topological polar surface area (TPSA) is 225 Å². The van der Waals surface area contributed by atoms with Gasteiger partial charge < -0.3 is 71.9 Å². The van der Waals surface area contributed by atoms with Crippen molar-refractivity contribution in [3.05, 3.63) is 156 Å². The maximum absolute atomic E-state index is 10.5. The standard InChI is InChI=1S/C15H19N5.C14H23N.C14H21N.C9H6N4S.C6H15N.C6H12O.C4H7BO.C4H8O.C2H6O.C2H3S.CH3F.CH3.Na.Pd.W/c1-11(15(2,3)4)19-14(18-10-16)20-13-8-6-12(17-5)7-9-13;2*1-11(13-9-7-6-8-10-13)15-12(2)14(3,4)5;1-11-7-2-4-8(5-3-7)13-9(14)12-6-10;2*1-5(7)6(2,3)4;5-4-2-1-3-6-4;1-2-4-5-3-1;2*1-2-3;1-2;;;;/h6-9,11H,1-4H3,(H2,18,19,20);6-12,15H,1-5H3;6-11H,1-5H3;2-5H,(H2,12,13,14);5H,7H2,1-4H3;1-4H3;4H,1-3H2;1-4H2;3H,2H2,1H3;1H3;1H3;1H3;;;/q;;;;;;;;;-1;;-1;+1;;/p-1/t11-;11-,12-;11-;;5-;;;;;;;;;;/m111.1........../s1/i;;;;;;;;;1D;;;;;. The number of guanidine groups is 1. The van der Waals surface area contributed by atoms with Crippen LogP contribution < -0.4 is 56.6 Å². The number of rotatable bonds is 8. The van der Waals surface area contributed by atoms with E-state index in [0.717, 1.165) is 38.3 Å². The molecule has 0 saturated carbocycles. The molecule has 0 aliphatic carbocycles. The molecule has 2 heterocycles. The van der Waals surface area contributed by atoms with Crippen LogP contribution in [0.5, 0.6) is 0 Å². The van der Waals surface area contributed by atoms with Crippen molar-refractivity contribution in [2.45, 2.75) is 228 Å². The number of anilines is 2. The monoisotopic (exact) mass is 1700 g/mol. The summed E-state index contributed by atoms with van der Waals surface area (Å²) in [5.74, 6) is 0.651. The molecule has 0 bridgehead atoms. The van der Waals surface area contributed by atoms with Crippen molar-refractivity contribution < 1.29 is 96.2 Å². The number of hydrogen-bond donors (Lipinski definition) is 6. The van der Waals surface area contributed by atoms with E-state index in [2.05, 4.69) is 224 Å². The molecule has 6 rings (SSSR count). The van der Waals surface area contributed by atoms with Gasteiger partial charge in [-0.1, -0.05) is 213 Å². The average Bonchev–Trinajstić information content (AvgIpc) is 0.925. The van der Waals surface area contributed by atoms with Gasteiger partial charge in [-0.15, -0.1) is 0 Å². The molecule has 7 N–H and O–H groups in total. The molecule has 562 valence electrons. The van der Waals surface area contributed by atoms with Gasteiger partial charge >= 0.3 is 29.6 Å². The van der Waals surface area contributed by atoms with Gasteiger partial charge in [0.05, 0.1) is 37.5 Å². The quantitative estimate of drug-likeness (QED) is 0.0184. The second kappa shape index (κ2) is 66.1. The van der Waals surface area contributed by atoms with E-state index in [1.54, 1.807) is 68.6 Å². The average molecular weight is 1700 g/mol. The molecule has 1 unspecified atom stereocenters. The Morgan fingerprint density at radius 3 is 1.42 bits per heavy atom. The van der Waals surface area contributed by atoms with Gasteiger partial charge in [-0.2, -0.15) is 12.2 Å². The number of benzene rings is 4. The molecule has 2 fully saturated rings. The van der Waals surface area contributed by atoms with Crippen LogP contribution in [0.2, 0.25) is 0 Å². The van der Waals surface area contributed by atoms with Crippen LogP contribution in [0, 0.1) is 70.6 Å². The van der Waals surface area contributed by atoms with Crippen molar-refractivity contribution in [1.82, 2.24) is 10.6 Å². The summed E-state index contributed by atoms with van der Waals surface area (Å²) in [4.78, 5) is 26.3. The van der Waals surface area contributed by atoms with Gasteiger partial charge in [-0.25, -0.2) is 14.7 Å². The van der Waals surface area contributed by atoms with Gasteiger partial charge in [0.1, 0.15) is 13.6 Å². The summed E-state index contributed by atoms with van der Waals surface area (Å²) in [7, 11) is 5.81. The summed E-state index contributed by atoms with van der Waals surface area (Å²) >= 11 is 8.85. The summed E-state index contributed by atoms with van der Waals surface area (Å²) < 4.78 is 25.6. The van der Waals surface area contributed by atoms with Crippen molar-refractivity contribution in [2.75, 3.05) is 44.2 Å². The second-order valence-electron chi connectivity index (χ2n) is 27.6. The van der Waals surface area contributed by atoms with E-state index in [0.29, 0.717) is 53.7 Å². The van der Waals surface area contributed by atoms with Crippen LogP contribution in [0.15, 0.2) is 119 Å². The summed E-state index contributed by atoms with van der Waals surface area (Å²) in [6, 6.07) is 36.3. The van der Waals surface area contributed by atoms with Crippen molar-refractivity contribution in [2.24, 2.45) is 42.8 Å². The predicted octanol–water partition coefficient (Wildman–Crippen LogP) is 17.3. The van der Waals surface area contributed by atoms with Crippen LogP contribution in [-0.4, -0.2) is 98.6 Å². The number of Topliss-reactive ketones (excluding diaryl/α,β-unsaturated/α-hetero) is 1. The van der Waals surface area contributed by atoms with Crippen LogP contribution in [0.4, 0.5) is 27.1 Å². The fraction of sp³-hybridized carbons (Fsp3) is 0.564. The Morgan fingerprint density at radius 1 is 0.752 bits per heavy atom. The Balaban J connectivity index is -0.000000139. The number of aliphatic hydroxyl groups excluding tert-OH is 1. The van der Waals surface area contributed by atoms with E-state index in [9.17, 15) is 9.18 Å². The minimum Gasteiger partial charge on any atom is -0.428 e. The fourth-order valence-corrected chi connectivity index (χ4v) is 6.13. The molecular weight excluding hydrogens is 1580 g/mol. The van der Waals surface area contributed by atoms with Gasteiger partial charge in [0.25, 0.3) is 0 Å². The number of nitrogens with two attached hydrogens (primary N) is 1. The van der Waals surface area contributed by atoms with E-state index in [-0.39, 0.29) is 143 Å². The number of nitrogens with zero attached hydrogens (tertiary/aromatic N) is 7. The Kier molecular flexibility index (Phi) is 73.4. The first-order valence-electron chi connectivity index (χ1n) is 33.4. The Morgan fingerprint density at radius 2 is 1.15 bits per heavy atom. The molecule has 2 radical (unpaired) electrons. The molecule has 4 aromatic rings. The van der Waals surface area contributed by atoms with Gasteiger partial charge in [0.2, 0.25) is 5.96 Å². The molecule has 2 saturated heterocycles. The van der Waals surface area contributed by atoms with Crippen LogP contribution in [0.3, 0.4) is 0 Å². The zero-order valence-corrected chi connectivity index (χ0v) is 74.2. The van der Waals surface area contributed by atoms with Crippen LogP contribution in [-0.2, 0) is 55.8 Å². The van der Waals surface area contributed by atoms with Crippen LogP contribution >= 0.6 is 24.4 Å². The fourth-order valence-electron chi connectivity index (χ4n) is 5.97. The van der Waals surface area contributed by atoms with E-state index < -0.39 is 0 Å². The smallest absolute Gasteiger partial charge is 0.428 e. The molecule has 4 aromatic carbocycles. The maximum Gasteiger partial charge on any atom is 1.00 e. The molecule has 16 nitrogen and oxygen atoms in total. The Hall–Kier alpha value is -4.62. The molecule has 2 aliphatic rings. The number of hydrogen-bond acceptors (Lipinski definition) is 12. The molecule has 2 aliphatic heterocycles. The third-order valence-corrected chi connectivity index (χ3v) is 14.7. The predicted molar refractivity (Wildman–Crippen MR) is 426 cm³/mol. The van der Waals surface area contributed by atoms with Crippen molar-refractivity contribution in [3.63, 3.8) is 0 Å². The number of aliphatic imine (C=N–C) groups is 2. The van der Waals surface area contributed by atoms with E-state index in [1.165, 1.54) is 29.7 Å². The Labute approximate surface area is 677 Å². The minimum absolute atomic E-state index is 0. The van der Waals surface area contributed by atoms with E-state index in [1.807, 2.05) is 46.9 Å². The third kappa shape index (κ3) is 67.0. The number of carbonyl (C=O) groups excluding carboxylic acids is 1. The minimum atomic E-state index is -0.139. The Bertz CT molecular complexity index is 2940. The second-order valence-corrected chi connectivity index (χ2v) is 28.2. The molecule has 0 spiro atoms. The van der Waals surface area contributed by atoms with Gasteiger partial charge in [0.15, 0.2) is 17.6 Å². The van der Waals surface area contributed by atoms with Crippen LogP contribution in [0.1, 0.15) is 216 Å². The zero-order valence-electron chi connectivity index (χ0n) is 67.1. The van der Waals surface area contributed by atoms with Gasteiger partial charge in [-0.3, -0.25) is 19.5 Å². The first-order chi connectivity index (χ1) is 45.5. The van der Waals surface area contributed by atoms with Crippen molar-refractivity contribution >= 4 is 83.0 Å². The van der Waals surface area contributed by atoms with Crippen LogP contribution in [0.25, 0.3) is 15.0 Å². The summed E-state index contributed by atoms with van der Waals surface area (Å²) in [5.41, 5.74) is 12.7. The maximum atomic E-state index is 10.5. The molecular formula is C78H125BFN12NaO4PdS2W-2. The number of nitrogens with one attached hydrogen (secondary N) is 4. The van der Waals surface area contributed by atoms with E-state index >= 15 is 0 Å². The third-order valence-electron chi connectivity index (χ3n) is 14.5. The number of halogens is 1. The summed E-state index contributed by atoms with van der Waals surface area (Å²) in [5, 5.41) is 42.2. The normalized spacial score (nSPS) is 14.0.